The van der Waals surface area contributed by atoms with Crippen molar-refractivity contribution in [3.63, 3.8) is 0 Å². The normalized spacial score (nSPS) is 10.3. The van der Waals surface area contributed by atoms with Gasteiger partial charge in [0.2, 0.25) is 5.91 Å². The average molecular weight is 321 g/mol. The molecule has 4 heteroatoms. The molecule has 0 aliphatic heterocycles. The van der Waals surface area contributed by atoms with Gasteiger partial charge >= 0.3 is 0 Å². The second kappa shape index (κ2) is 8.16. The van der Waals surface area contributed by atoms with Gasteiger partial charge in [-0.25, -0.2) is 0 Å². The third-order valence-electron chi connectivity index (χ3n) is 3.86. The second-order valence-electron chi connectivity index (χ2n) is 6.11. The highest BCUT2D eigenvalue weighted by Gasteiger charge is 2.11. The van der Waals surface area contributed by atoms with E-state index in [-0.39, 0.29) is 5.91 Å². The van der Waals surface area contributed by atoms with Crippen LogP contribution >= 0.6 is 0 Å². The van der Waals surface area contributed by atoms with E-state index in [2.05, 4.69) is 36.6 Å². The molecule has 0 radical (unpaired) electrons. The number of amides is 1. The second-order valence-corrected chi connectivity index (χ2v) is 6.11. The fraction of sp³-hybridized carbons (Fsp3) is 0.300. The van der Waals surface area contributed by atoms with E-state index in [4.69, 9.17) is 5.26 Å². The number of hydrogen-bond acceptors (Lipinski definition) is 3. The molecule has 0 fully saturated rings. The summed E-state index contributed by atoms with van der Waals surface area (Å²) in [6, 6.07) is 15.4. The number of carbonyl (C=O) groups is 1. The predicted molar refractivity (Wildman–Crippen MR) is 98.2 cm³/mol. The molecule has 4 nitrogen and oxygen atoms in total. The minimum atomic E-state index is -0.0184. The van der Waals surface area contributed by atoms with Gasteiger partial charge in [-0.1, -0.05) is 38.1 Å². The molecule has 0 unspecified atom stereocenters. The van der Waals surface area contributed by atoms with Crippen LogP contribution in [0.4, 0.5) is 11.4 Å². The summed E-state index contributed by atoms with van der Waals surface area (Å²) in [5, 5.41) is 15.1. The monoisotopic (exact) mass is 321 g/mol. The first-order valence-electron chi connectivity index (χ1n) is 8.14. The topological polar surface area (TPSA) is 64.9 Å². The number of aryl methyl sites for hydroxylation is 1. The molecule has 0 bridgehead atoms. The smallest absolute Gasteiger partial charge is 0.226 e. The highest BCUT2D eigenvalue weighted by Crippen LogP contribution is 2.27. The minimum absolute atomic E-state index is 0.0184. The number of nitrogens with one attached hydrogen (secondary N) is 2. The van der Waals surface area contributed by atoms with Crippen LogP contribution in [0, 0.1) is 18.3 Å². The van der Waals surface area contributed by atoms with Crippen molar-refractivity contribution in [2.75, 3.05) is 17.2 Å². The van der Waals surface area contributed by atoms with Gasteiger partial charge in [0.15, 0.2) is 0 Å². The first-order valence-corrected chi connectivity index (χ1v) is 8.14. The molecule has 0 aliphatic rings. The minimum Gasteiger partial charge on any atom is -0.384 e. The molecule has 2 N–H and O–H groups in total. The van der Waals surface area contributed by atoms with Crippen molar-refractivity contribution in [2.24, 2.45) is 0 Å². The number of nitriles is 1. The van der Waals surface area contributed by atoms with Gasteiger partial charge in [-0.2, -0.15) is 5.26 Å². The number of benzene rings is 2. The summed E-state index contributed by atoms with van der Waals surface area (Å²) in [6.45, 7) is 6.76. The van der Waals surface area contributed by atoms with Crippen LogP contribution in [0.25, 0.3) is 0 Å². The van der Waals surface area contributed by atoms with Crippen molar-refractivity contribution in [1.29, 1.82) is 5.26 Å². The van der Waals surface area contributed by atoms with Crippen molar-refractivity contribution in [1.82, 2.24) is 0 Å². The van der Waals surface area contributed by atoms with E-state index in [1.807, 2.05) is 31.2 Å². The maximum absolute atomic E-state index is 12.2. The van der Waals surface area contributed by atoms with Gasteiger partial charge < -0.3 is 10.6 Å². The Labute approximate surface area is 143 Å². The number of hydrogen-bond donors (Lipinski definition) is 2. The van der Waals surface area contributed by atoms with Crippen LogP contribution in [-0.2, 0) is 4.79 Å². The van der Waals surface area contributed by atoms with Crippen LogP contribution in [0.2, 0.25) is 0 Å². The van der Waals surface area contributed by atoms with E-state index in [1.165, 1.54) is 0 Å². The summed E-state index contributed by atoms with van der Waals surface area (Å²) >= 11 is 0. The molecule has 124 valence electrons. The third kappa shape index (κ3) is 4.60. The van der Waals surface area contributed by atoms with Crippen molar-refractivity contribution >= 4 is 17.3 Å². The van der Waals surface area contributed by atoms with Crippen LogP contribution in [-0.4, -0.2) is 12.5 Å². The Bertz CT molecular complexity index is 760. The molecular formula is C20H23N3O. The summed E-state index contributed by atoms with van der Waals surface area (Å²) in [5.74, 6) is 0.335. The van der Waals surface area contributed by atoms with Gasteiger partial charge in [0, 0.05) is 24.3 Å². The van der Waals surface area contributed by atoms with Gasteiger partial charge in [-0.05, 0) is 42.2 Å². The highest BCUT2D eigenvalue weighted by molar-refractivity contribution is 5.92. The van der Waals surface area contributed by atoms with Crippen molar-refractivity contribution < 1.29 is 4.79 Å². The first kappa shape index (κ1) is 17.6. The fourth-order valence-corrected chi connectivity index (χ4v) is 2.56. The van der Waals surface area contributed by atoms with Crippen LogP contribution in [0.1, 0.15) is 42.9 Å². The van der Waals surface area contributed by atoms with E-state index >= 15 is 0 Å². The lowest BCUT2D eigenvalue weighted by Gasteiger charge is -2.16. The molecule has 0 spiro atoms. The number of rotatable bonds is 6. The van der Waals surface area contributed by atoms with Gasteiger partial charge in [0.25, 0.3) is 0 Å². The van der Waals surface area contributed by atoms with E-state index in [1.54, 1.807) is 12.1 Å². The zero-order valence-corrected chi connectivity index (χ0v) is 14.4. The number of anilines is 2. The lowest BCUT2D eigenvalue weighted by molar-refractivity contribution is -0.115. The Morgan fingerprint density at radius 3 is 2.67 bits per heavy atom. The van der Waals surface area contributed by atoms with E-state index in [0.29, 0.717) is 24.4 Å². The lowest BCUT2D eigenvalue weighted by Crippen LogP contribution is -2.18. The highest BCUT2D eigenvalue weighted by atomic mass is 16.1. The van der Waals surface area contributed by atoms with Crippen LogP contribution in [0.15, 0.2) is 42.5 Å². The summed E-state index contributed by atoms with van der Waals surface area (Å²) in [6.07, 6.45) is 0.364. The van der Waals surface area contributed by atoms with E-state index in [0.717, 1.165) is 22.5 Å². The van der Waals surface area contributed by atoms with Crippen molar-refractivity contribution in [2.45, 2.75) is 33.1 Å². The third-order valence-corrected chi connectivity index (χ3v) is 3.86. The molecular weight excluding hydrogens is 298 g/mol. The Morgan fingerprint density at radius 2 is 1.96 bits per heavy atom. The van der Waals surface area contributed by atoms with Crippen molar-refractivity contribution in [3.8, 4) is 6.07 Å². The van der Waals surface area contributed by atoms with Crippen LogP contribution < -0.4 is 10.6 Å². The standard InChI is InChI=1S/C20H23N3O/c1-14(2)18-9-4-6-15(3)20(18)23-19(24)10-11-22-17-8-5-7-16(12-17)13-21/h4-9,12,14,22H,10-11H2,1-3H3,(H,23,24). The largest absolute Gasteiger partial charge is 0.384 e. The Balaban J connectivity index is 1.93. The van der Waals surface area contributed by atoms with Crippen molar-refractivity contribution in [3.05, 3.63) is 59.2 Å². The van der Waals surface area contributed by atoms with E-state index in [9.17, 15) is 4.79 Å². The summed E-state index contributed by atoms with van der Waals surface area (Å²) in [4.78, 5) is 12.2. The van der Waals surface area contributed by atoms with Gasteiger partial charge in [0.05, 0.1) is 11.6 Å². The lowest BCUT2D eigenvalue weighted by atomic mass is 9.98. The molecule has 0 heterocycles. The van der Waals surface area contributed by atoms with Gasteiger partial charge in [0.1, 0.15) is 0 Å². The fourth-order valence-electron chi connectivity index (χ4n) is 2.56. The maximum Gasteiger partial charge on any atom is 0.226 e. The summed E-state index contributed by atoms with van der Waals surface area (Å²) in [7, 11) is 0. The molecule has 0 saturated heterocycles. The number of para-hydroxylation sites is 1. The Kier molecular flexibility index (Phi) is 5.97. The maximum atomic E-state index is 12.2. The molecule has 2 rings (SSSR count). The molecule has 2 aromatic rings. The van der Waals surface area contributed by atoms with Crippen LogP contribution in [0.3, 0.4) is 0 Å². The van der Waals surface area contributed by atoms with Gasteiger partial charge in [-0.15, -0.1) is 0 Å². The summed E-state index contributed by atoms with van der Waals surface area (Å²) < 4.78 is 0. The van der Waals surface area contributed by atoms with Crippen LogP contribution in [0.5, 0.6) is 0 Å². The SMILES string of the molecule is Cc1cccc(C(C)C)c1NC(=O)CCNc1cccc(C#N)c1. The molecule has 0 aliphatic carbocycles. The molecule has 1 amide bonds. The first-order chi connectivity index (χ1) is 11.5. The average Bonchev–Trinajstić information content (AvgIpc) is 2.56. The molecule has 0 aromatic heterocycles. The van der Waals surface area contributed by atoms with E-state index < -0.39 is 0 Å². The quantitative estimate of drug-likeness (QED) is 0.827. The molecule has 0 saturated carbocycles. The Hall–Kier alpha value is -2.80. The predicted octanol–water partition coefficient (Wildman–Crippen LogP) is 4.43. The summed E-state index contributed by atoms with van der Waals surface area (Å²) in [5.41, 5.74) is 4.60. The zero-order valence-electron chi connectivity index (χ0n) is 14.4. The zero-order chi connectivity index (χ0) is 17.5. The molecule has 2 aromatic carbocycles. The Morgan fingerprint density at radius 1 is 1.21 bits per heavy atom. The number of nitrogens with zero attached hydrogens (tertiary/aromatic N) is 1. The number of carbonyl (C=O) groups excluding carboxylic acids is 1. The van der Waals surface area contributed by atoms with Gasteiger partial charge in [-0.3, -0.25) is 4.79 Å². The molecule has 24 heavy (non-hydrogen) atoms. The molecule has 0 atom stereocenters.